The van der Waals surface area contributed by atoms with Gasteiger partial charge < -0.3 is 0 Å². The summed E-state index contributed by atoms with van der Waals surface area (Å²) in [6.45, 7) is 0. The van der Waals surface area contributed by atoms with E-state index in [-0.39, 0.29) is 0 Å². The number of nitrogens with zero attached hydrogens (tertiary/aromatic N) is 2. The number of rotatable bonds is 4. The fraction of sp³-hybridized carbons (Fsp3) is 0.143. The Labute approximate surface area is 126 Å². The smallest absolute Gasteiger partial charge is 0.264 e. The van der Waals surface area contributed by atoms with Gasteiger partial charge >= 0.3 is 0 Å². The maximum atomic E-state index is 10.2. The Balaban J connectivity index is 0.000000220. The molecule has 0 bridgehead atoms. The van der Waals surface area contributed by atoms with Crippen molar-refractivity contribution < 1.29 is 9.85 Å². The molecule has 0 fully saturated rings. The second-order valence-corrected chi connectivity index (χ2v) is 4.28. The van der Waals surface area contributed by atoms with Crippen LogP contribution in [0.5, 0.6) is 0 Å². The SMILES string of the molecule is NC(c1ccccc1)[N+](=O)[O-].NC(c1ccccc1)[N+](=O)[O-]. The fourth-order valence-corrected chi connectivity index (χ4v) is 1.54. The summed E-state index contributed by atoms with van der Waals surface area (Å²) in [5.41, 5.74) is 11.5. The van der Waals surface area contributed by atoms with E-state index in [2.05, 4.69) is 0 Å². The Bertz CT molecular complexity index is 551. The molecule has 0 saturated carbocycles. The molecule has 0 aliphatic carbocycles. The largest absolute Gasteiger partial charge is 0.289 e. The normalized spacial score (nSPS) is 12.5. The molecule has 0 radical (unpaired) electrons. The van der Waals surface area contributed by atoms with E-state index in [1.54, 1.807) is 60.7 Å². The van der Waals surface area contributed by atoms with E-state index in [9.17, 15) is 20.2 Å². The van der Waals surface area contributed by atoms with E-state index in [0.717, 1.165) is 0 Å². The van der Waals surface area contributed by atoms with Crippen LogP contribution in [0.4, 0.5) is 0 Å². The van der Waals surface area contributed by atoms with Crippen LogP contribution in [0.2, 0.25) is 0 Å². The lowest BCUT2D eigenvalue weighted by molar-refractivity contribution is -0.528. The van der Waals surface area contributed by atoms with Crippen LogP contribution < -0.4 is 11.5 Å². The van der Waals surface area contributed by atoms with Gasteiger partial charge in [-0.15, -0.1) is 0 Å². The first-order valence-electron chi connectivity index (χ1n) is 6.31. The molecule has 0 aliphatic rings. The molecule has 4 N–H and O–H groups in total. The number of nitro groups is 2. The van der Waals surface area contributed by atoms with Crippen LogP contribution in [0.15, 0.2) is 60.7 Å². The number of nitrogens with two attached hydrogens (primary N) is 2. The average molecular weight is 304 g/mol. The minimum atomic E-state index is -1.10. The zero-order valence-corrected chi connectivity index (χ0v) is 11.6. The Morgan fingerprint density at radius 3 is 1.18 bits per heavy atom. The van der Waals surface area contributed by atoms with Gasteiger partial charge in [0.2, 0.25) is 0 Å². The van der Waals surface area contributed by atoms with E-state index < -0.39 is 22.2 Å². The molecule has 0 saturated heterocycles. The average Bonchev–Trinajstić information content (AvgIpc) is 2.55. The summed E-state index contributed by atoms with van der Waals surface area (Å²) in [5.74, 6) is 0. The third-order valence-electron chi connectivity index (χ3n) is 2.74. The second kappa shape index (κ2) is 8.45. The van der Waals surface area contributed by atoms with Gasteiger partial charge in [-0.05, 0) is 0 Å². The van der Waals surface area contributed by atoms with Gasteiger partial charge in [0, 0.05) is 21.0 Å². The van der Waals surface area contributed by atoms with Gasteiger partial charge in [-0.3, -0.25) is 31.7 Å². The highest BCUT2D eigenvalue weighted by atomic mass is 16.6. The fourth-order valence-electron chi connectivity index (χ4n) is 1.54. The molecular formula is C14H16N4O4. The van der Waals surface area contributed by atoms with Gasteiger partial charge in [0.25, 0.3) is 12.3 Å². The van der Waals surface area contributed by atoms with Crippen molar-refractivity contribution in [1.29, 1.82) is 0 Å². The molecule has 0 amide bonds. The highest BCUT2D eigenvalue weighted by molar-refractivity contribution is 5.16. The lowest BCUT2D eigenvalue weighted by Gasteiger charge is -2.01. The minimum absolute atomic E-state index is 0.519. The van der Waals surface area contributed by atoms with Crippen LogP contribution in [0, 0.1) is 20.2 Å². The van der Waals surface area contributed by atoms with Crippen LogP contribution in [0.1, 0.15) is 23.5 Å². The van der Waals surface area contributed by atoms with Crippen molar-refractivity contribution in [3.63, 3.8) is 0 Å². The van der Waals surface area contributed by atoms with E-state index >= 15 is 0 Å². The molecule has 2 aromatic carbocycles. The van der Waals surface area contributed by atoms with E-state index in [0.29, 0.717) is 11.1 Å². The summed E-state index contributed by atoms with van der Waals surface area (Å²) in [6.07, 6.45) is -2.20. The lowest BCUT2D eigenvalue weighted by Crippen LogP contribution is -2.19. The topological polar surface area (TPSA) is 138 Å². The first kappa shape index (κ1) is 17.2. The third-order valence-corrected chi connectivity index (χ3v) is 2.74. The molecule has 0 aromatic heterocycles. The van der Waals surface area contributed by atoms with Crippen molar-refractivity contribution in [3.05, 3.63) is 92.0 Å². The van der Waals surface area contributed by atoms with E-state index in [1.807, 2.05) is 0 Å². The molecule has 2 rings (SSSR count). The Morgan fingerprint density at radius 1 is 0.682 bits per heavy atom. The summed E-state index contributed by atoms with van der Waals surface area (Å²) < 4.78 is 0. The zero-order chi connectivity index (χ0) is 16.5. The number of hydrogen-bond acceptors (Lipinski definition) is 6. The summed E-state index contributed by atoms with van der Waals surface area (Å²) >= 11 is 0. The first-order chi connectivity index (χ1) is 10.4. The maximum absolute atomic E-state index is 10.2. The van der Waals surface area contributed by atoms with Crippen molar-refractivity contribution in [3.8, 4) is 0 Å². The molecule has 8 heteroatoms. The van der Waals surface area contributed by atoms with Crippen LogP contribution in [-0.4, -0.2) is 9.85 Å². The van der Waals surface area contributed by atoms with Gasteiger partial charge in [-0.2, -0.15) is 0 Å². The number of hydrogen-bond donors (Lipinski definition) is 2. The van der Waals surface area contributed by atoms with Gasteiger partial charge in [0.1, 0.15) is 0 Å². The summed E-state index contributed by atoms with van der Waals surface area (Å²) in [6, 6.07) is 17.0. The van der Waals surface area contributed by atoms with Crippen LogP contribution >= 0.6 is 0 Å². The highest BCUT2D eigenvalue weighted by Crippen LogP contribution is 2.09. The van der Waals surface area contributed by atoms with E-state index in [4.69, 9.17) is 11.5 Å². The Kier molecular flexibility index (Phi) is 6.61. The molecule has 8 nitrogen and oxygen atoms in total. The summed E-state index contributed by atoms with van der Waals surface area (Å²) in [7, 11) is 0. The molecule has 2 aromatic rings. The molecule has 116 valence electrons. The third kappa shape index (κ3) is 5.27. The quantitative estimate of drug-likeness (QED) is 0.502. The van der Waals surface area contributed by atoms with Gasteiger partial charge in [-0.1, -0.05) is 60.7 Å². The van der Waals surface area contributed by atoms with Crippen molar-refractivity contribution in [1.82, 2.24) is 0 Å². The highest BCUT2D eigenvalue weighted by Gasteiger charge is 2.15. The zero-order valence-electron chi connectivity index (χ0n) is 11.6. The first-order valence-corrected chi connectivity index (χ1v) is 6.31. The minimum Gasteiger partial charge on any atom is -0.264 e. The monoisotopic (exact) mass is 304 g/mol. The van der Waals surface area contributed by atoms with Crippen molar-refractivity contribution in [2.75, 3.05) is 0 Å². The summed E-state index contributed by atoms with van der Waals surface area (Å²) in [4.78, 5) is 19.3. The molecule has 0 spiro atoms. The molecular weight excluding hydrogens is 288 g/mol. The van der Waals surface area contributed by atoms with Crippen molar-refractivity contribution in [2.24, 2.45) is 11.5 Å². The van der Waals surface area contributed by atoms with Gasteiger partial charge in [0.05, 0.1) is 0 Å². The van der Waals surface area contributed by atoms with Crippen LogP contribution in [0.3, 0.4) is 0 Å². The van der Waals surface area contributed by atoms with Gasteiger partial charge in [0.15, 0.2) is 0 Å². The Hall–Kier alpha value is -2.84. The van der Waals surface area contributed by atoms with Crippen LogP contribution in [-0.2, 0) is 0 Å². The molecule has 0 heterocycles. The van der Waals surface area contributed by atoms with Crippen molar-refractivity contribution >= 4 is 0 Å². The molecule has 0 aliphatic heterocycles. The standard InChI is InChI=1S/2C7H8N2O2/c2*8-7(9(10)11)6-4-2-1-3-5-6/h2*1-5,7H,8H2. The number of benzene rings is 2. The predicted octanol–water partition coefficient (Wildman–Crippen LogP) is 1.84. The Morgan fingerprint density at radius 2 is 0.955 bits per heavy atom. The van der Waals surface area contributed by atoms with Gasteiger partial charge in [-0.25, -0.2) is 0 Å². The second-order valence-electron chi connectivity index (χ2n) is 4.28. The molecule has 2 unspecified atom stereocenters. The molecule has 22 heavy (non-hydrogen) atoms. The summed E-state index contributed by atoms with van der Waals surface area (Å²) in [5, 5.41) is 20.4. The maximum Gasteiger partial charge on any atom is 0.289 e. The van der Waals surface area contributed by atoms with Crippen molar-refractivity contribution in [2.45, 2.75) is 12.3 Å². The lowest BCUT2D eigenvalue weighted by atomic mass is 10.2. The molecule has 2 atom stereocenters. The predicted molar refractivity (Wildman–Crippen MR) is 80.7 cm³/mol. The van der Waals surface area contributed by atoms with Crippen LogP contribution in [0.25, 0.3) is 0 Å². The van der Waals surface area contributed by atoms with E-state index in [1.165, 1.54) is 0 Å².